The summed E-state index contributed by atoms with van der Waals surface area (Å²) in [5, 5.41) is 12.0. The minimum Gasteiger partial charge on any atom is -0.440 e. The van der Waals surface area contributed by atoms with Gasteiger partial charge in [0.05, 0.1) is 12.7 Å². The summed E-state index contributed by atoms with van der Waals surface area (Å²) in [6.45, 7) is 8.51. The highest BCUT2D eigenvalue weighted by atomic mass is 35.5. The van der Waals surface area contributed by atoms with E-state index in [1.807, 2.05) is 0 Å². The van der Waals surface area contributed by atoms with Gasteiger partial charge in [0.15, 0.2) is 17.5 Å². The summed E-state index contributed by atoms with van der Waals surface area (Å²) < 4.78 is 34.9. The van der Waals surface area contributed by atoms with E-state index >= 15 is 0 Å². The van der Waals surface area contributed by atoms with Gasteiger partial charge < -0.3 is 33.5 Å². The zero-order chi connectivity index (χ0) is 23.2. The maximum Gasteiger partial charge on any atom is 0.432 e. The van der Waals surface area contributed by atoms with E-state index in [0.717, 1.165) is 19.8 Å². The summed E-state index contributed by atoms with van der Waals surface area (Å²) in [6.07, 6.45) is -2.55. The average molecular weight is 466 g/mol. The molecule has 0 unspecified atom stereocenters. The van der Waals surface area contributed by atoms with Crippen molar-refractivity contribution < 1.29 is 43.1 Å². The number of aliphatic hydroxyl groups is 1. The average Bonchev–Trinajstić information content (AvgIpc) is 3.40. The lowest BCUT2D eigenvalue weighted by atomic mass is 9.77. The molecule has 0 bridgehead atoms. The molecule has 178 valence electrons. The van der Waals surface area contributed by atoms with Crippen LogP contribution in [0.3, 0.4) is 0 Å². The van der Waals surface area contributed by atoms with Crippen molar-refractivity contribution >= 4 is 23.8 Å². The number of halogens is 1. The van der Waals surface area contributed by atoms with Gasteiger partial charge in [-0.05, 0) is 32.6 Å². The molecule has 0 saturated carbocycles. The first-order valence-corrected chi connectivity index (χ1v) is 10.8. The Morgan fingerprint density at radius 1 is 1.29 bits per heavy atom. The van der Waals surface area contributed by atoms with Crippen molar-refractivity contribution in [2.24, 2.45) is 5.92 Å². The number of hydrogen-bond acceptors (Lipinski definition) is 9. The Bertz CT molecular complexity index is 704. The molecule has 3 fully saturated rings. The summed E-state index contributed by atoms with van der Waals surface area (Å²) in [5.41, 5.74) is -1.85. The minimum atomic E-state index is -1.85. The smallest absolute Gasteiger partial charge is 0.432 e. The van der Waals surface area contributed by atoms with Gasteiger partial charge in [-0.3, -0.25) is 4.79 Å². The minimum absolute atomic E-state index is 0.0666. The zero-order valence-electron chi connectivity index (χ0n) is 18.8. The molecule has 3 aliphatic rings. The van der Waals surface area contributed by atoms with E-state index < -0.39 is 47.5 Å². The quantitative estimate of drug-likeness (QED) is 0.464. The van der Waals surface area contributed by atoms with Gasteiger partial charge in [-0.25, -0.2) is 4.79 Å². The largest absolute Gasteiger partial charge is 0.440 e. The Kier molecular flexibility index (Phi) is 6.94. The van der Waals surface area contributed by atoms with Gasteiger partial charge in [-0.1, -0.05) is 13.8 Å². The van der Waals surface area contributed by atoms with Gasteiger partial charge in [-0.15, -0.1) is 0 Å². The van der Waals surface area contributed by atoms with Gasteiger partial charge >= 0.3 is 6.09 Å². The molecule has 0 aromatic heterocycles. The van der Waals surface area contributed by atoms with Crippen molar-refractivity contribution in [2.75, 3.05) is 20.3 Å². The van der Waals surface area contributed by atoms with Gasteiger partial charge in [-0.2, -0.15) is 4.42 Å². The highest BCUT2D eigenvalue weighted by Gasteiger charge is 2.76. The Labute approximate surface area is 187 Å². The molecule has 1 spiro atoms. The van der Waals surface area contributed by atoms with Gasteiger partial charge in [0, 0.05) is 25.8 Å². The molecule has 3 aliphatic heterocycles. The second-order valence-corrected chi connectivity index (χ2v) is 9.46. The van der Waals surface area contributed by atoms with E-state index in [1.54, 1.807) is 13.8 Å². The fourth-order valence-electron chi connectivity index (χ4n) is 4.27. The number of amides is 2. The number of nitrogens with zero attached hydrogens (tertiary/aromatic N) is 1. The van der Waals surface area contributed by atoms with Gasteiger partial charge in [0.1, 0.15) is 18.8 Å². The van der Waals surface area contributed by atoms with Crippen LogP contribution in [-0.4, -0.2) is 83.4 Å². The Morgan fingerprint density at radius 3 is 2.48 bits per heavy atom. The zero-order valence-corrected chi connectivity index (χ0v) is 19.5. The molecule has 6 atom stereocenters. The van der Waals surface area contributed by atoms with Crippen LogP contribution in [0.25, 0.3) is 0 Å². The summed E-state index contributed by atoms with van der Waals surface area (Å²) in [4.78, 5) is 23.6. The third kappa shape index (κ3) is 4.57. The van der Waals surface area contributed by atoms with Gasteiger partial charge in [0.25, 0.3) is 0 Å². The lowest BCUT2D eigenvalue weighted by molar-refractivity contribution is -0.382. The standard InChI is InChI=1S/C20H32ClNO9/c1-11(2)7-8-13-16(29-13)20(25)15(26-6)14(30-17(24)22(21)12(3)23)9-27-19(20)10-28-18(4,5)31-19/h11,13-16,25H,7-10H2,1-6H3/t13-,14-,15-,16-,19+,20+/m1/s1. The van der Waals surface area contributed by atoms with E-state index in [2.05, 4.69) is 13.8 Å². The monoisotopic (exact) mass is 465 g/mol. The predicted molar refractivity (Wildman–Crippen MR) is 107 cm³/mol. The lowest BCUT2D eigenvalue weighted by Gasteiger charge is -2.51. The Balaban J connectivity index is 1.88. The lowest BCUT2D eigenvalue weighted by Crippen LogP contribution is -2.75. The van der Waals surface area contributed by atoms with E-state index in [0.29, 0.717) is 10.3 Å². The van der Waals surface area contributed by atoms with Crippen LogP contribution in [0.15, 0.2) is 0 Å². The fraction of sp³-hybridized carbons (Fsp3) is 0.900. The first-order chi connectivity index (χ1) is 14.4. The first-order valence-electron chi connectivity index (χ1n) is 10.4. The number of ether oxygens (including phenoxy) is 6. The van der Waals surface area contributed by atoms with E-state index in [-0.39, 0.29) is 19.3 Å². The van der Waals surface area contributed by atoms with Crippen LogP contribution in [0.1, 0.15) is 47.5 Å². The molecule has 10 nitrogen and oxygen atoms in total. The number of carbonyl (C=O) groups excluding carboxylic acids is 2. The summed E-state index contributed by atoms with van der Waals surface area (Å²) in [7, 11) is 1.38. The number of imide groups is 1. The van der Waals surface area contributed by atoms with Crippen LogP contribution in [0, 0.1) is 5.92 Å². The predicted octanol–water partition coefficient (Wildman–Crippen LogP) is 1.95. The molecule has 0 radical (unpaired) electrons. The number of hydrogen-bond donors (Lipinski definition) is 1. The number of rotatable bonds is 6. The Hall–Kier alpha value is -1.01. The van der Waals surface area contributed by atoms with Crippen molar-refractivity contribution in [3.8, 4) is 0 Å². The number of methoxy groups -OCH3 is 1. The van der Waals surface area contributed by atoms with Crippen molar-refractivity contribution in [1.82, 2.24) is 4.42 Å². The SMILES string of the molecule is CO[C@@H]1[C@H](OC(=O)N(Cl)C(C)=O)CO[C@]2(COC(C)(C)O2)[C@@]1(O)[C@@H]1O[C@@H]1CCC(C)C. The van der Waals surface area contributed by atoms with Crippen molar-refractivity contribution in [3.05, 3.63) is 0 Å². The third-order valence-corrected chi connectivity index (χ3v) is 6.25. The third-order valence-electron chi connectivity index (χ3n) is 5.87. The normalized spacial score (nSPS) is 39.0. The molecule has 2 amide bonds. The molecule has 1 N–H and O–H groups in total. The molecule has 0 aromatic rings. The molecule has 0 aromatic carbocycles. The maximum atomic E-state index is 12.2. The Morgan fingerprint density at radius 2 is 1.97 bits per heavy atom. The fourth-order valence-corrected chi connectivity index (χ4v) is 4.31. The highest BCUT2D eigenvalue weighted by Crippen LogP contribution is 2.53. The first kappa shape index (κ1) is 24.6. The molecule has 3 saturated heterocycles. The topological polar surface area (TPSA) is 116 Å². The summed E-state index contributed by atoms with van der Waals surface area (Å²) >= 11 is 5.67. The second kappa shape index (κ2) is 8.74. The summed E-state index contributed by atoms with van der Waals surface area (Å²) in [5.74, 6) is -2.84. The van der Waals surface area contributed by atoms with E-state index in [4.69, 9.17) is 40.2 Å². The molecule has 31 heavy (non-hydrogen) atoms. The summed E-state index contributed by atoms with van der Waals surface area (Å²) in [6, 6.07) is 0. The van der Waals surface area contributed by atoms with Crippen LogP contribution >= 0.6 is 11.8 Å². The van der Waals surface area contributed by atoms with Crippen LogP contribution in [0.5, 0.6) is 0 Å². The van der Waals surface area contributed by atoms with Crippen LogP contribution in [0.2, 0.25) is 0 Å². The van der Waals surface area contributed by atoms with Crippen molar-refractivity contribution in [2.45, 2.75) is 89.1 Å². The van der Waals surface area contributed by atoms with Crippen LogP contribution in [-0.2, 0) is 33.2 Å². The van der Waals surface area contributed by atoms with E-state index in [9.17, 15) is 14.7 Å². The highest BCUT2D eigenvalue weighted by molar-refractivity contribution is 6.28. The second-order valence-electron chi connectivity index (χ2n) is 9.12. The van der Waals surface area contributed by atoms with Crippen LogP contribution < -0.4 is 0 Å². The number of carbonyl (C=O) groups is 2. The van der Waals surface area contributed by atoms with Crippen molar-refractivity contribution in [3.63, 3.8) is 0 Å². The molecule has 3 rings (SSSR count). The molecule has 3 heterocycles. The number of epoxide rings is 1. The van der Waals surface area contributed by atoms with Crippen molar-refractivity contribution in [1.29, 1.82) is 0 Å². The molecular formula is C20H32ClNO9. The van der Waals surface area contributed by atoms with Gasteiger partial charge in [0.2, 0.25) is 11.7 Å². The maximum absolute atomic E-state index is 12.2. The molecule has 0 aliphatic carbocycles. The molecular weight excluding hydrogens is 434 g/mol. The molecule has 11 heteroatoms. The van der Waals surface area contributed by atoms with E-state index in [1.165, 1.54) is 7.11 Å². The van der Waals surface area contributed by atoms with Crippen LogP contribution in [0.4, 0.5) is 4.79 Å².